The number of hydrogen-bond donors (Lipinski definition) is 1. The van der Waals surface area contributed by atoms with Crippen LogP contribution in [-0.4, -0.2) is 21.2 Å². The van der Waals surface area contributed by atoms with Gasteiger partial charge in [0.1, 0.15) is 0 Å². The van der Waals surface area contributed by atoms with Gasteiger partial charge in [0.2, 0.25) is 5.91 Å². The molecule has 0 atom stereocenters. The number of carbonyl (C=O) groups is 1. The van der Waals surface area contributed by atoms with Crippen molar-refractivity contribution in [2.24, 2.45) is 7.05 Å². The van der Waals surface area contributed by atoms with E-state index in [1.54, 1.807) is 24.3 Å². The average Bonchev–Trinajstić information content (AvgIpc) is 2.84. The summed E-state index contributed by atoms with van der Waals surface area (Å²) in [5.41, 5.74) is 2.73. The van der Waals surface area contributed by atoms with Gasteiger partial charge in [0.05, 0.1) is 16.8 Å². The van der Waals surface area contributed by atoms with Crippen LogP contribution in [-0.2, 0) is 11.8 Å². The number of rotatable bonds is 4. The lowest BCUT2D eigenvalue weighted by Gasteiger charge is -2.05. The number of hydrogen-bond acceptors (Lipinski definition) is 3. The molecule has 0 aliphatic carbocycles. The van der Waals surface area contributed by atoms with E-state index in [0.717, 1.165) is 21.9 Å². The Balaban J connectivity index is 1.64. The first-order chi connectivity index (χ1) is 10.6. The molecule has 0 spiro atoms. The SMILES string of the molecule is Cn1c(SCC(=O)Nc2ccc(Cl)cc2)nc2ccccc21. The Labute approximate surface area is 137 Å². The molecule has 0 saturated heterocycles. The Morgan fingerprint density at radius 3 is 2.68 bits per heavy atom. The van der Waals surface area contributed by atoms with E-state index in [2.05, 4.69) is 10.3 Å². The number of thioether (sulfide) groups is 1. The van der Waals surface area contributed by atoms with Crippen LogP contribution in [0.3, 0.4) is 0 Å². The normalized spacial score (nSPS) is 10.8. The zero-order valence-electron chi connectivity index (χ0n) is 11.9. The summed E-state index contributed by atoms with van der Waals surface area (Å²) in [5, 5.41) is 4.31. The lowest BCUT2D eigenvalue weighted by Crippen LogP contribution is -2.14. The number of fused-ring (bicyclic) bond motifs is 1. The summed E-state index contributed by atoms with van der Waals surface area (Å²) in [4.78, 5) is 16.5. The van der Waals surface area contributed by atoms with E-state index in [0.29, 0.717) is 10.8 Å². The molecule has 0 unspecified atom stereocenters. The fourth-order valence-electron chi connectivity index (χ4n) is 2.11. The van der Waals surface area contributed by atoms with Crippen LogP contribution in [0.5, 0.6) is 0 Å². The summed E-state index contributed by atoms with van der Waals surface area (Å²) >= 11 is 7.23. The second-order valence-electron chi connectivity index (χ2n) is 4.79. The maximum atomic E-state index is 12.0. The lowest BCUT2D eigenvalue weighted by molar-refractivity contribution is -0.113. The molecule has 22 heavy (non-hydrogen) atoms. The fraction of sp³-hybridized carbons (Fsp3) is 0.125. The Kier molecular flexibility index (Phi) is 4.36. The highest BCUT2D eigenvalue weighted by molar-refractivity contribution is 7.99. The maximum Gasteiger partial charge on any atom is 0.234 e. The zero-order valence-corrected chi connectivity index (χ0v) is 13.5. The fourth-order valence-corrected chi connectivity index (χ4v) is 3.03. The van der Waals surface area contributed by atoms with E-state index in [4.69, 9.17) is 11.6 Å². The van der Waals surface area contributed by atoms with Gasteiger partial charge in [0.25, 0.3) is 0 Å². The van der Waals surface area contributed by atoms with Gasteiger partial charge in [-0.3, -0.25) is 4.79 Å². The van der Waals surface area contributed by atoms with Crippen LogP contribution in [0.25, 0.3) is 11.0 Å². The average molecular weight is 332 g/mol. The number of anilines is 1. The first kappa shape index (κ1) is 14.9. The van der Waals surface area contributed by atoms with E-state index < -0.39 is 0 Å². The van der Waals surface area contributed by atoms with Crippen LogP contribution in [0.15, 0.2) is 53.7 Å². The second kappa shape index (κ2) is 6.42. The smallest absolute Gasteiger partial charge is 0.234 e. The molecule has 0 radical (unpaired) electrons. The largest absolute Gasteiger partial charge is 0.325 e. The summed E-state index contributed by atoms with van der Waals surface area (Å²) in [6.07, 6.45) is 0. The number of carbonyl (C=O) groups excluding carboxylic acids is 1. The Morgan fingerprint density at radius 1 is 1.23 bits per heavy atom. The molecule has 4 nitrogen and oxygen atoms in total. The minimum absolute atomic E-state index is 0.0700. The standard InChI is InChI=1S/C16H14ClN3OS/c1-20-14-5-3-2-4-13(14)19-16(20)22-10-15(21)18-12-8-6-11(17)7-9-12/h2-9H,10H2,1H3,(H,18,21). The summed E-state index contributed by atoms with van der Waals surface area (Å²) in [5.74, 6) is 0.235. The van der Waals surface area contributed by atoms with Crippen LogP contribution in [0.1, 0.15) is 0 Å². The summed E-state index contributed by atoms with van der Waals surface area (Å²) < 4.78 is 2.00. The van der Waals surface area contributed by atoms with Gasteiger partial charge in [-0.2, -0.15) is 0 Å². The highest BCUT2D eigenvalue weighted by Crippen LogP contribution is 2.22. The molecule has 1 heterocycles. The molecule has 3 aromatic rings. The molecule has 6 heteroatoms. The quantitative estimate of drug-likeness (QED) is 0.736. The van der Waals surface area contributed by atoms with Gasteiger partial charge >= 0.3 is 0 Å². The summed E-state index contributed by atoms with van der Waals surface area (Å²) in [6, 6.07) is 15.0. The van der Waals surface area contributed by atoms with Gasteiger partial charge in [-0.15, -0.1) is 0 Å². The molecular weight excluding hydrogens is 318 g/mol. The van der Waals surface area contributed by atoms with Crippen LogP contribution < -0.4 is 5.32 Å². The molecule has 0 aliphatic heterocycles. The third kappa shape index (κ3) is 3.26. The predicted octanol–water partition coefficient (Wildman–Crippen LogP) is 3.96. The topological polar surface area (TPSA) is 46.9 Å². The van der Waals surface area contributed by atoms with Crippen molar-refractivity contribution in [1.82, 2.24) is 9.55 Å². The van der Waals surface area contributed by atoms with E-state index in [9.17, 15) is 4.79 Å². The number of benzene rings is 2. The van der Waals surface area contributed by atoms with Crippen molar-refractivity contribution in [2.75, 3.05) is 11.1 Å². The van der Waals surface area contributed by atoms with Crippen LogP contribution in [0.4, 0.5) is 5.69 Å². The number of aryl methyl sites for hydroxylation is 1. The third-order valence-electron chi connectivity index (χ3n) is 3.21. The predicted molar refractivity (Wildman–Crippen MR) is 91.5 cm³/mol. The van der Waals surface area contributed by atoms with Gasteiger partial charge in [0, 0.05) is 17.8 Å². The number of para-hydroxylation sites is 2. The summed E-state index contributed by atoms with van der Waals surface area (Å²) in [6.45, 7) is 0. The van der Waals surface area contributed by atoms with Crippen LogP contribution in [0.2, 0.25) is 5.02 Å². The van der Waals surface area contributed by atoms with Crippen molar-refractivity contribution in [3.8, 4) is 0 Å². The molecule has 3 rings (SSSR count). The maximum absolute atomic E-state index is 12.0. The van der Waals surface area contributed by atoms with Crippen molar-refractivity contribution in [2.45, 2.75) is 5.16 Å². The highest BCUT2D eigenvalue weighted by Gasteiger charge is 2.10. The second-order valence-corrected chi connectivity index (χ2v) is 6.16. The number of nitrogens with zero attached hydrogens (tertiary/aromatic N) is 2. The molecule has 2 aromatic carbocycles. The Bertz CT molecular complexity index is 814. The van der Waals surface area contributed by atoms with E-state index in [1.165, 1.54) is 11.8 Å². The van der Waals surface area contributed by atoms with Crippen LogP contribution >= 0.6 is 23.4 Å². The van der Waals surface area contributed by atoms with E-state index in [-0.39, 0.29) is 5.91 Å². The van der Waals surface area contributed by atoms with Crippen molar-refractivity contribution < 1.29 is 4.79 Å². The molecule has 1 aromatic heterocycles. The first-order valence-corrected chi connectivity index (χ1v) is 8.09. The van der Waals surface area contributed by atoms with Crippen molar-refractivity contribution >= 4 is 46.0 Å². The zero-order chi connectivity index (χ0) is 15.5. The Hall–Kier alpha value is -1.98. The number of halogens is 1. The number of nitrogens with one attached hydrogen (secondary N) is 1. The molecule has 1 amide bonds. The number of amides is 1. The van der Waals surface area contributed by atoms with Gasteiger partial charge in [-0.1, -0.05) is 35.5 Å². The Morgan fingerprint density at radius 2 is 1.95 bits per heavy atom. The molecule has 0 aliphatic rings. The van der Waals surface area contributed by atoms with Crippen LogP contribution in [0, 0.1) is 0 Å². The van der Waals surface area contributed by atoms with Crippen molar-refractivity contribution in [3.63, 3.8) is 0 Å². The first-order valence-electron chi connectivity index (χ1n) is 6.73. The molecule has 0 saturated carbocycles. The van der Waals surface area contributed by atoms with Gasteiger partial charge < -0.3 is 9.88 Å². The van der Waals surface area contributed by atoms with E-state index >= 15 is 0 Å². The summed E-state index contributed by atoms with van der Waals surface area (Å²) in [7, 11) is 1.95. The van der Waals surface area contributed by atoms with Gasteiger partial charge in [0.15, 0.2) is 5.16 Å². The monoisotopic (exact) mass is 331 g/mol. The molecule has 112 valence electrons. The number of imidazole rings is 1. The van der Waals surface area contributed by atoms with Gasteiger partial charge in [-0.25, -0.2) is 4.98 Å². The van der Waals surface area contributed by atoms with Gasteiger partial charge in [-0.05, 0) is 36.4 Å². The molecular formula is C16H14ClN3OS. The highest BCUT2D eigenvalue weighted by atomic mass is 35.5. The lowest BCUT2D eigenvalue weighted by atomic mass is 10.3. The number of aromatic nitrogens is 2. The minimum atomic E-state index is -0.0700. The molecule has 0 fully saturated rings. The molecule has 1 N–H and O–H groups in total. The third-order valence-corrected chi connectivity index (χ3v) is 4.49. The van der Waals surface area contributed by atoms with E-state index in [1.807, 2.05) is 35.9 Å². The van der Waals surface area contributed by atoms with Crippen molar-refractivity contribution in [1.29, 1.82) is 0 Å². The minimum Gasteiger partial charge on any atom is -0.325 e. The molecule has 0 bridgehead atoms. The van der Waals surface area contributed by atoms with Crippen molar-refractivity contribution in [3.05, 3.63) is 53.6 Å².